The third kappa shape index (κ3) is 9.49. The Kier molecular flexibility index (Phi) is 13.3. The molecule has 0 amide bonds. The van der Waals surface area contributed by atoms with Crippen molar-refractivity contribution < 1.29 is 0 Å². The molecular formula is C15H28N2. The summed E-state index contributed by atoms with van der Waals surface area (Å²) >= 11 is 0. The lowest BCUT2D eigenvalue weighted by atomic mass is 10.5. The highest BCUT2D eigenvalue weighted by Gasteiger charge is 1.82. The maximum absolute atomic E-state index is 2.08. The van der Waals surface area contributed by atoms with Crippen LogP contribution in [0, 0.1) is 6.92 Å². The maximum Gasteiger partial charge on any atom is 0.0140 e. The zero-order valence-electron chi connectivity index (χ0n) is 12.4. The average Bonchev–Trinajstić information content (AvgIpc) is 2.98. The van der Waals surface area contributed by atoms with Crippen LogP contribution in [-0.2, 0) is 14.1 Å². The summed E-state index contributed by atoms with van der Waals surface area (Å²) in [6.07, 6.45) is 6.04. The van der Waals surface area contributed by atoms with E-state index in [0.29, 0.717) is 0 Å². The largest absolute Gasteiger partial charge is 0.357 e. The van der Waals surface area contributed by atoms with Gasteiger partial charge in [0.05, 0.1) is 0 Å². The molecule has 0 saturated heterocycles. The fourth-order valence-corrected chi connectivity index (χ4v) is 0.967. The summed E-state index contributed by atoms with van der Waals surface area (Å²) in [7, 11) is 4.04. The highest BCUT2D eigenvalue weighted by Crippen LogP contribution is 1.93. The Morgan fingerprint density at radius 2 is 1.24 bits per heavy atom. The SMILES string of the molecule is CC.CC.Cc1cccn1C.Cn1cccc1. The lowest BCUT2D eigenvalue weighted by Crippen LogP contribution is -1.84. The molecular weight excluding hydrogens is 208 g/mol. The van der Waals surface area contributed by atoms with Gasteiger partial charge in [0.1, 0.15) is 0 Å². The van der Waals surface area contributed by atoms with Gasteiger partial charge in [-0.25, -0.2) is 0 Å². The van der Waals surface area contributed by atoms with Crippen LogP contribution >= 0.6 is 0 Å². The number of rotatable bonds is 0. The van der Waals surface area contributed by atoms with Crippen molar-refractivity contribution >= 4 is 0 Å². The third-order valence-corrected chi connectivity index (χ3v) is 1.96. The Morgan fingerprint density at radius 3 is 1.35 bits per heavy atom. The van der Waals surface area contributed by atoms with Crippen LogP contribution < -0.4 is 0 Å². The highest BCUT2D eigenvalue weighted by atomic mass is 14.9. The van der Waals surface area contributed by atoms with E-state index in [2.05, 4.69) is 17.6 Å². The first-order valence-corrected chi connectivity index (χ1v) is 6.35. The Labute approximate surface area is 107 Å². The molecule has 0 fully saturated rings. The number of aryl methyl sites for hydroxylation is 3. The van der Waals surface area contributed by atoms with Crippen LogP contribution in [0.4, 0.5) is 0 Å². The van der Waals surface area contributed by atoms with E-state index in [4.69, 9.17) is 0 Å². The smallest absolute Gasteiger partial charge is 0.0140 e. The van der Waals surface area contributed by atoms with Gasteiger partial charge in [0.25, 0.3) is 0 Å². The van der Waals surface area contributed by atoms with Gasteiger partial charge in [-0.05, 0) is 31.2 Å². The maximum atomic E-state index is 2.08. The van der Waals surface area contributed by atoms with E-state index in [0.717, 1.165) is 0 Å². The Balaban J connectivity index is 0. The molecule has 0 unspecified atom stereocenters. The molecule has 0 aromatic carbocycles. The number of aromatic nitrogens is 2. The average molecular weight is 236 g/mol. The molecule has 2 heteroatoms. The second kappa shape index (κ2) is 12.6. The van der Waals surface area contributed by atoms with Gasteiger partial charge in [-0.3, -0.25) is 0 Å². The summed E-state index contributed by atoms with van der Waals surface area (Å²) in [5.41, 5.74) is 1.31. The quantitative estimate of drug-likeness (QED) is 0.641. The minimum atomic E-state index is 1.31. The summed E-state index contributed by atoms with van der Waals surface area (Å²) in [6, 6.07) is 8.12. The highest BCUT2D eigenvalue weighted by molar-refractivity contribution is 5.02. The van der Waals surface area contributed by atoms with Crippen molar-refractivity contribution in [1.29, 1.82) is 0 Å². The van der Waals surface area contributed by atoms with Crippen LogP contribution in [-0.4, -0.2) is 9.13 Å². The molecule has 17 heavy (non-hydrogen) atoms. The second-order valence-corrected chi connectivity index (χ2v) is 3.11. The lowest BCUT2D eigenvalue weighted by Gasteiger charge is -1.89. The molecule has 2 nitrogen and oxygen atoms in total. The van der Waals surface area contributed by atoms with Gasteiger partial charge in [-0.2, -0.15) is 0 Å². The molecule has 2 rings (SSSR count). The fourth-order valence-electron chi connectivity index (χ4n) is 0.967. The Hall–Kier alpha value is -1.44. The van der Waals surface area contributed by atoms with Crippen LogP contribution in [0.3, 0.4) is 0 Å². The minimum absolute atomic E-state index is 1.31. The molecule has 2 aromatic rings. The molecule has 0 radical (unpaired) electrons. The van der Waals surface area contributed by atoms with Gasteiger partial charge in [0, 0.05) is 38.4 Å². The first-order valence-electron chi connectivity index (χ1n) is 6.35. The molecule has 0 aliphatic rings. The van der Waals surface area contributed by atoms with Gasteiger partial charge < -0.3 is 9.13 Å². The van der Waals surface area contributed by atoms with E-state index in [1.165, 1.54) is 5.69 Å². The molecule has 0 bridgehead atoms. The third-order valence-electron chi connectivity index (χ3n) is 1.96. The monoisotopic (exact) mass is 236 g/mol. The topological polar surface area (TPSA) is 9.86 Å². The second-order valence-electron chi connectivity index (χ2n) is 3.11. The number of hydrogen-bond donors (Lipinski definition) is 0. The van der Waals surface area contributed by atoms with Gasteiger partial charge in [-0.1, -0.05) is 27.7 Å². The Morgan fingerprint density at radius 1 is 0.765 bits per heavy atom. The molecule has 2 aromatic heterocycles. The van der Waals surface area contributed by atoms with Crippen LogP contribution in [0.15, 0.2) is 42.9 Å². The molecule has 0 saturated carbocycles. The number of nitrogens with zero attached hydrogens (tertiary/aromatic N) is 2. The normalized spacial score (nSPS) is 7.71. The summed E-state index contributed by atoms with van der Waals surface area (Å²) in [6.45, 7) is 10.1. The molecule has 0 aliphatic carbocycles. The molecule has 0 aliphatic heterocycles. The molecule has 2 heterocycles. The van der Waals surface area contributed by atoms with E-state index in [1.807, 2.05) is 83.1 Å². The van der Waals surface area contributed by atoms with Crippen molar-refractivity contribution in [3.63, 3.8) is 0 Å². The van der Waals surface area contributed by atoms with Crippen molar-refractivity contribution in [3.8, 4) is 0 Å². The summed E-state index contributed by atoms with van der Waals surface area (Å²) in [5, 5.41) is 0. The van der Waals surface area contributed by atoms with Crippen molar-refractivity contribution in [2.45, 2.75) is 34.6 Å². The number of hydrogen-bond acceptors (Lipinski definition) is 0. The van der Waals surface area contributed by atoms with E-state index in [9.17, 15) is 0 Å². The molecule has 0 atom stereocenters. The predicted octanol–water partition coefficient (Wildman–Crippen LogP) is 4.41. The first kappa shape index (κ1) is 17.9. The van der Waals surface area contributed by atoms with Gasteiger partial charge in [-0.15, -0.1) is 0 Å². The van der Waals surface area contributed by atoms with E-state index >= 15 is 0 Å². The summed E-state index contributed by atoms with van der Waals surface area (Å²) < 4.78 is 4.08. The van der Waals surface area contributed by atoms with E-state index in [-0.39, 0.29) is 0 Å². The van der Waals surface area contributed by atoms with Crippen LogP contribution in [0.25, 0.3) is 0 Å². The molecule has 0 N–H and O–H groups in total. The summed E-state index contributed by atoms with van der Waals surface area (Å²) in [4.78, 5) is 0. The van der Waals surface area contributed by atoms with Crippen LogP contribution in [0.2, 0.25) is 0 Å². The van der Waals surface area contributed by atoms with E-state index < -0.39 is 0 Å². The van der Waals surface area contributed by atoms with Crippen molar-refractivity contribution in [1.82, 2.24) is 9.13 Å². The van der Waals surface area contributed by atoms with Gasteiger partial charge >= 0.3 is 0 Å². The van der Waals surface area contributed by atoms with E-state index in [1.54, 1.807) is 0 Å². The van der Waals surface area contributed by atoms with Crippen molar-refractivity contribution in [2.75, 3.05) is 0 Å². The first-order chi connectivity index (χ1) is 8.20. The lowest BCUT2D eigenvalue weighted by molar-refractivity contribution is 0.882. The van der Waals surface area contributed by atoms with Crippen LogP contribution in [0.1, 0.15) is 33.4 Å². The molecule has 0 spiro atoms. The fraction of sp³-hybridized carbons (Fsp3) is 0.467. The molecule has 98 valence electrons. The zero-order chi connectivity index (χ0) is 13.7. The van der Waals surface area contributed by atoms with Gasteiger partial charge in [0.2, 0.25) is 0 Å². The Bertz CT molecular complexity index is 315. The van der Waals surface area contributed by atoms with Gasteiger partial charge in [0.15, 0.2) is 0 Å². The van der Waals surface area contributed by atoms with Crippen molar-refractivity contribution in [2.24, 2.45) is 14.1 Å². The standard InChI is InChI=1S/C6H9N.C5H7N.2C2H6/c1-6-4-3-5-7(6)2;1-6-4-2-3-5-6;2*1-2/h3-5H,1-2H3;2-5H,1H3;2*1-2H3. The van der Waals surface area contributed by atoms with Crippen LogP contribution in [0.5, 0.6) is 0 Å². The van der Waals surface area contributed by atoms with Crippen molar-refractivity contribution in [3.05, 3.63) is 48.5 Å². The summed E-state index contributed by atoms with van der Waals surface area (Å²) in [5.74, 6) is 0. The zero-order valence-corrected chi connectivity index (χ0v) is 12.4. The predicted molar refractivity (Wildman–Crippen MR) is 78.3 cm³/mol. The minimum Gasteiger partial charge on any atom is -0.357 e.